The molecule has 0 saturated carbocycles. The summed E-state index contributed by atoms with van der Waals surface area (Å²) in [5, 5.41) is 3.38. The van der Waals surface area contributed by atoms with E-state index in [4.69, 9.17) is 11.6 Å². The lowest BCUT2D eigenvalue weighted by molar-refractivity contribution is -0.122. The first-order valence-corrected chi connectivity index (χ1v) is 9.00. The number of amides is 1. The minimum Gasteiger partial charge on any atom is -0.354 e. The van der Waals surface area contributed by atoms with E-state index in [2.05, 4.69) is 10.0 Å². The smallest absolute Gasteiger partial charge is 0.222 e. The molecule has 0 saturated heterocycles. The highest BCUT2D eigenvalue weighted by Crippen LogP contribution is 2.20. The number of carbonyl (C=O) groups excluding carboxylic acids is 1. The van der Waals surface area contributed by atoms with Gasteiger partial charge in [-0.05, 0) is 31.0 Å². The van der Waals surface area contributed by atoms with Crippen molar-refractivity contribution in [1.29, 1.82) is 0 Å². The summed E-state index contributed by atoms with van der Waals surface area (Å²) in [7, 11) is -3.42. The van der Waals surface area contributed by atoms with Crippen molar-refractivity contribution in [3.63, 3.8) is 0 Å². The molecule has 0 fully saturated rings. The molecule has 0 unspecified atom stereocenters. The van der Waals surface area contributed by atoms with Gasteiger partial charge >= 0.3 is 0 Å². The van der Waals surface area contributed by atoms with Crippen LogP contribution in [0.2, 0.25) is 5.02 Å². The molecule has 0 aliphatic heterocycles. The van der Waals surface area contributed by atoms with Gasteiger partial charge in [0.2, 0.25) is 15.9 Å². The fourth-order valence-electron chi connectivity index (χ4n) is 1.80. The van der Waals surface area contributed by atoms with Crippen LogP contribution in [-0.4, -0.2) is 26.6 Å². The Bertz CT molecular complexity index is 572. The Balaban J connectivity index is 2.87. The zero-order chi connectivity index (χ0) is 16.0. The average molecular weight is 333 g/mol. The summed E-state index contributed by atoms with van der Waals surface area (Å²) in [4.78, 5) is 12.0. The van der Waals surface area contributed by atoms with E-state index < -0.39 is 16.1 Å². The quantitative estimate of drug-likeness (QED) is 0.804. The number of sulfonamides is 1. The number of rotatable bonds is 7. The molecule has 0 radical (unpaired) electrons. The van der Waals surface area contributed by atoms with Crippen LogP contribution < -0.4 is 10.0 Å². The molecule has 0 aliphatic rings. The Kier molecular flexibility index (Phi) is 6.64. The van der Waals surface area contributed by atoms with Crippen LogP contribution in [0, 0.1) is 0 Å². The zero-order valence-electron chi connectivity index (χ0n) is 12.4. The first-order chi connectivity index (χ1) is 9.71. The van der Waals surface area contributed by atoms with Gasteiger partial charge in [0.25, 0.3) is 0 Å². The summed E-state index contributed by atoms with van der Waals surface area (Å²) in [6.45, 7) is 3.87. The Morgan fingerprint density at radius 2 is 1.86 bits per heavy atom. The molecule has 1 aromatic rings. The van der Waals surface area contributed by atoms with Crippen LogP contribution in [0.25, 0.3) is 0 Å². The van der Waals surface area contributed by atoms with E-state index in [9.17, 15) is 13.2 Å². The highest BCUT2D eigenvalue weighted by atomic mass is 35.5. The standard InChI is InChI=1S/C14H21ClN2O3S/c1-4-10(2)16-14(18)9-13(17-21(3,19)20)11-5-7-12(15)8-6-11/h5-8,10,13,17H,4,9H2,1-3H3,(H,16,18)/t10-,13+/m0/s1. The van der Waals surface area contributed by atoms with Crippen molar-refractivity contribution < 1.29 is 13.2 Å². The second kappa shape index (κ2) is 7.77. The molecular weight excluding hydrogens is 312 g/mol. The predicted octanol–water partition coefficient (Wildman–Crippen LogP) is 2.24. The SMILES string of the molecule is CC[C@H](C)NC(=O)C[C@@H](NS(C)(=O)=O)c1ccc(Cl)cc1. The lowest BCUT2D eigenvalue weighted by atomic mass is 10.0. The van der Waals surface area contributed by atoms with Gasteiger partial charge in [0.05, 0.1) is 12.3 Å². The van der Waals surface area contributed by atoms with Crippen molar-refractivity contribution in [3.8, 4) is 0 Å². The van der Waals surface area contributed by atoms with Crippen molar-refractivity contribution in [2.45, 2.75) is 38.8 Å². The van der Waals surface area contributed by atoms with Gasteiger partial charge in [-0.1, -0.05) is 30.7 Å². The second-order valence-electron chi connectivity index (χ2n) is 5.08. The molecule has 1 amide bonds. The number of nitrogens with one attached hydrogen (secondary N) is 2. The predicted molar refractivity (Wildman–Crippen MR) is 84.7 cm³/mol. The summed E-state index contributed by atoms with van der Waals surface area (Å²) in [5.41, 5.74) is 0.698. The lowest BCUT2D eigenvalue weighted by Crippen LogP contribution is -2.36. The first-order valence-electron chi connectivity index (χ1n) is 6.73. The lowest BCUT2D eigenvalue weighted by Gasteiger charge is -2.19. The molecule has 1 aromatic carbocycles. The van der Waals surface area contributed by atoms with Crippen molar-refractivity contribution in [1.82, 2.24) is 10.0 Å². The van der Waals surface area contributed by atoms with Gasteiger partial charge in [0, 0.05) is 17.5 Å². The van der Waals surface area contributed by atoms with Crippen LogP contribution in [0.15, 0.2) is 24.3 Å². The van der Waals surface area contributed by atoms with Gasteiger partial charge in [-0.2, -0.15) is 0 Å². The van der Waals surface area contributed by atoms with Crippen LogP contribution in [0.5, 0.6) is 0 Å². The molecule has 0 aliphatic carbocycles. The Morgan fingerprint density at radius 3 is 2.33 bits per heavy atom. The van der Waals surface area contributed by atoms with E-state index in [1.807, 2.05) is 13.8 Å². The summed E-state index contributed by atoms with van der Waals surface area (Å²) in [6, 6.07) is 6.20. The highest BCUT2D eigenvalue weighted by molar-refractivity contribution is 7.88. The van der Waals surface area contributed by atoms with Gasteiger partial charge in [-0.15, -0.1) is 0 Å². The third kappa shape index (κ3) is 6.93. The van der Waals surface area contributed by atoms with E-state index in [1.165, 1.54) is 0 Å². The van der Waals surface area contributed by atoms with Crippen LogP contribution in [0.3, 0.4) is 0 Å². The van der Waals surface area contributed by atoms with Crippen molar-refractivity contribution in [3.05, 3.63) is 34.9 Å². The van der Waals surface area contributed by atoms with E-state index in [0.717, 1.165) is 12.7 Å². The molecule has 0 aromatic heterocycles. The van der Waals surface area contributed by atoms with Gasteiger partial charge in [-0.3, -0.25) is 4.79 Å². The average Bonchev–Trinajstić information content (AvgIpc) is 2.37. The topological polar surface area (TPSA) is 75.3 Å². The van der Waals surface area contributed by atoms with Crippen molar-refractivity contribution in [2.75, 3.05) is 6.26 Å². The molecule has 0 bridgehead atoms. The Hall–Kier alpha value is -1.11. The Labute approximate surface area is 131 Å². The molecule has 0 heterocycles. The number of carbonyl (C=O) groups is 1. The van der Waals surface area contributed by atoms with E-state index in [1.54, 1.807) is 24.3 Å². The first kappa shape index (κ1) is 17.9. The second-order valence-corrected chi connectivity index (χ2v) is 7.29. The molecule has 118 valence electrons. The van der Waals surface area contributed by atoms with Gasteiger partial charge in [0.1, 0.15) is 0 Å². The molecular formula is C14H21ClN2O3S. The minimum atomic E-state index is -3.42. The maximum absolute atomic E-state index is 12.0. The fourth-order valence-corrected chi connectivity index (χ4v) is 2.66. The third-order valence-electron chi connectivity index (χ3n) is 3.04. The molecule has 1 rings (SSSR count). The number of hydrogen-bond donors (Lipinski definition) is 2. The molecule has 5 nitrogen and oxygen atoms in total. The maximum Gasteiger partial charge on any atom is 0.222 e. The summed E-state index contributed by atoms with van der Waals surface area (Å²) < 4.78 is 25.4. The van der Waals surface area contributed by atoms with Crippen LogP contribution in [0.4, 0.5) is 0 Å². The van der Waals surface area contributed by atoms with Crippen LogP contribution in [-0.2, 0) is 14.8 Å². The fraction of sp³-hybridized carbons (Fsp3) is 0.500. The van der Waals surface area contributed by atoms with Gasteiger partial charge < -0.3 is 5.32 Å². The molecule has 0 spiro atoms. The monoisotopic (exact) mass is 332 g/mol. The molecule has 7 heteroatoms. The summed E-state index contributed by atoms with van der Waals surface area (Å²) in [6.07, 6.45) is 1.93. The number of benzene rings is 1. The maximum atomic E-state index is 12.0. The van der Waals surface area contributed by atoms with Crippen molar-refractivity contribution >= 4 is 27.5 Å². The van der Waals surface area contributed by atoms with Crippen LogP contribution in [0.1, 0.15) is 38.3 Å². The van der Waals surface area contributed by atoms with Gasteiger partial charge in [-0.25, -0.2) is 13.1 Å². The summed E-state index contributed by atoms with van der Waals surface area (Å²) >= 11 is 5.82. The molecule has 21 heavy (non-hydrogen) atoms. The number of halogens is 1. The molecule has 2 N–H and O–H groups in total. The number of hydrogen-bond acceptors (Lipinski definition) is 3. The van der Waals surface area contributed by atoms with E-state index >= 15 is 0 Å². The normalized spacial score (nSPS) is 14.5. The summed E-state index contributed by atoms with van der Waals surface area (Å²) in [5.74, 6) is -0.194. The van der Waals surface area contributed by atoms with Crippen molar-refractivity contribution in [2.24, 2.45) is 0 Å². The largest absolute Gasteiger partial charge is 0.354 e. The van der Waals surface area contributed by atoms with Crippen LogP contribution >= 0.6 is 11.6 Å². The van der Waals surface area contributed by atoms with E-state index in [-0.39, 0.29) is 18.4 Å². The van der Waals surface area contributed by atoms with E-state index in [0.29, 0.717) is 10.6 Å². The highest BCUT2D eigenvalue weighted by Gasteiger charge is 2.20. The minimum absolute atomic E-state index is 0.0407. The molecule has 2 atom stereocenters. The van der Waals surface area contributed by atoms with Gasteiger partial charge in [0.15, 0.2) is 0 Å². The third-order valence-corrected chi connectivity index (χ3v) is 4.00. The zero-order valence-corrected chi connectivity index (χ0v) is 14.0. The Morgan fingerprint density at radius 1 is 1.29 bits per heavy atom.